The minimum Gasteiger partial charge on any atom is -0.484 e. The predicted octanol–water partition coefficient (Wildman–Crippen LogP) is 1.84. The van der Waals surface area contributed by atoms with Crippen molar-refractivity contribution in [3.63, 3.8) is 0 Å². The summed E-state index contributed by atoms with van der Waals surface area (Å²) in [7, 11) is 1.73. The van der Waals surface area contributed by atoms with Crippen LogP contribution in [0.4, 0.5) is 4.79 Å². The van der Waals surface area contributed by atoms with E-state index in [1.54, 1.807) is 13.1 Å². The van der Waals surface area contributed by atoms with Crippen LogP contribution in [0.1, 0.15) is 32.8 Å². The van der Waals surface area contributed by atoms with Crippen LogP contribution >= 0.6 is 24.0 Å². The molecule has 0 saturated carbocycles. The summed E-state index contributed by atoms with van der Waals surface area (Å²) in [6, 6.07) is 7.43. The maximum Gasteiger partial charge on any atom is 0.407 e. The van der Waals surface area contributed by atoms with E-state index in [0.29, 0.717) is 18.8 Å². The van der Waals surface area contributed by atoms with Crippen molar-refractivity contribution in [2.45, 2.75) is 45.4 Å². The summed E-state index contributed by atoms with van der Waals surface area (Å²) in [6.45, 7) is 7.34. The second kappa shape index (κ2) is 11.8. The fourth-order valence-electron chi connectivity index (χ4n) is 2.96. The molecule has 1 atom stereocenters. The van der Waals surface area contributed by atoms with Gasteiger partial charge in [-0.15, -0.1) is 24.0 Å². The van der Waals surface area contributed by atoms with Gasteiger partial charge in [0.15, 0.2) is 12.6 Å². The highest BCUT2D eigenvalue weighted by Crippen LogP contribution is 2.15. The summed E-state index contributed by atoms with van der Waals surface area (Å²) in [5.74, 6) is 0.820. The summed E-state index contributed by atoms with van der Waals surface area (Å²) in [6.07, 6.45) is 0.413. The number of nitrogens with two attached hydrogens (primary N) is 1. The van der Waals surface area contributed by atoms with Gasteiger partial charge in [-0.2, -0.15) is 0 Å². The Morgan fingerprint density at radius 2 is 2.07 bits per heavy atom. The van der Waals surface area contributed by atoms with Crippen LogP contribution in [0.25, 0.3) is 0 Å². The van der Waals surface area contributed by atoms with E-state index in [0.717, 1.165) is 24.5 Å². The maximum absolute atomic E-state index is 12.0. The van der Waals surface area contributed by atoms with E-state index in [-0.39, 0.29) is 36.6 Å². The first-order chi connectivity index (χ1) is 13.7. The zero-order valence-corrected chi connectivity index (χ0v) is 20.3. The van der Waals surface area contributed by atoms with Crippen molar-refractivity contribution in [3.8, 4) is 5.75 Å². The van der Waals surface area contributed by atoms with E-state index >= 15 is 0 Å². The van der Waals surface area contributed by atoms with Crippen LogP contribution in [0.2, 0.25) is 0 Å². The molecule has 1 fully saturated rings. The van der Waals surface area contributed by atoms with E-state index in [9.17, 15) is 9.59 Å². The molecular formula is C20H32IN5O4. The molecule has 1 heterocycles. The van der Waals surface area contributed by atoms with Gasteiger partial charge in [0.25, 0.3) is 5.91 Å². The number of halogens is 1. The van der Waals surface area contributed by atoms with Gasteiger partial charge >= 0.3 is 6.09 Å². The van der Waals surface area contributed by atoms with Crippen molar-refractivity contribution in [3.05, 3.63) is 29.8 Å². The van der Waals surface area contributed by atoms with Gasteiger partial charge in [-0.25, -0.2) is 4.79 Å². The van der Waals surface area contributed by atoms with Gasteiger partial charge in [0.2, 0.25) is 0 Å². The molecule has 9 nitrogen and oxygen atoms in total. The number of primary amides is 1. The Morgan fingerprint density at radius 3 is 2.70 bits per heavy atom. The zero-order chi connectivity index (χ0) is 21.4. The summed E-state index contributed by atoms with van der Waals surface area (Å²) in [5, 5.41) is 6.23. The van der Waals surface area contributed by atoms with Crippen LogP contribution in [0, 0.1) is 0 Å². The van der Waals surface area contributed by atoms with Crippen molar-refractivity contribution in [2.24, 2.45) is 10.7 Å². The molecule has 2 rings (SSSR count). The van der Waals surface area contributed by atoms with Crippen molar-refractivity contribution in [1.82, 2.24) is 15.5 Å². The molecule has 0 spiro atoms. The molecule has 1 aliphatic rings. The van der Waals surface area contributed by atoms with Crippen molar-refractivity contribution in [1.29, 1.82) is 0 Å². The number of benzene rings is 1. The number of alkyl carbamates (subject to hydrolysis) is 1. The molecule has 1 saturated heterocycles. The van der Waals surface area contributed by atoms with Crippen LogP contribution in [-0.4, -0.2) is 61.2 Å². The van der Waals surface area contributed by atoms with Crippen molar-refractivity contribution >= 4 is 41.9 Å². The molecule has 0 aliphatic carbocycles. The molecule has 1 unspecified atom stereocenters. The van der Waals surface area contributed by atoms with Crippen LogP contribution in [0.3, 0.4) is 0 Å². The maximum atomic E-state index is 12.0. The molecular weight excluding hydrogens is 501 g/mol. The Balaban J connectivity index is 0.00000450. The van der Waals surface area contributed by atoms with E-state index in [1.165, 1.54) is 0 Å². The molecule has 4 N–H and O–H groups in total. The van der Waals surface area contributed by atoms with E-state index in [2.05, 4.69) is 20.5 Å². The topological polar surface area (TPSA) is 118 Å². The highest BCUT2D eigenvalue weighted by Gasteiger charge is 2.27. The Labute approximate surface area is 194 Å². The van der Waals surface area contributed by atoms with Gasteiger partial charge in [-0.1, -0.05) is 12.1 Å². The van der Waals surface area contributed by atoms with Crippen LogP contribution in [0.5, 0.6) is 5.75 Å². The number of hydrogen-bond acceptors (Lipinski definition) is 5. The van der Waals surface area contributed by atoms with Crippen LogP contribution in [0.15, 0.2) is 29.3 Å². The fourth-order valence-corrected chi connectivity index (χ4v) is 2.96. The number of guanidine groups is 1. The Bertz CT molecular complexity index is 751. The molecule has 1 aromatic rings. The number of nitrogens with one attached hydrogen (secondary N) is 2. The van der Waals surface area contributed by atoms with Gasteiger partial charge in [-0.05, 0) is 44.9 Å². The highest BCUT2D eigenvalue weighted by atomic mass is 127. The Kier molecular flexibility index (Phi) is 10.2. The lowest BCUT2D eigenvalue weighted by atomic mass is 10.2. The monoisotopic (exact) mass is 533 g/mol. The molecule has 2 amide bonds. The number of nitrogens with zero attached hydrogens (tertiary/aromatic N) is 2. The third-order valence-corrected chi connectivity index (χ3v) is 4.15. The van der Waals surface area contributed by atoms with Crippen LogP contribution in [-0.2, 0) is 16.1 Å². The highest BCUT2D eigenvalue weighted by molar-refractivity contribution is 14.0. The lowest BCUT2D eigenvalue weighted by molar-refractivity contribution is -0.119. The predicted molar refractivity (Wildman–Crippen MR) is 126 cm³/mol. The van der Waals surface area contributed by atoms with E-state index in [1.807, 2.05) is 39.0 Å². The van der Waals surface area contributed by atoms with Crippen molar-refractivity contribution in [2.75, 3.05) is 26.7 Å². The summed E-state index contributed by atoms with van der Waals surface area (Å²) in [4.78, 5) is 29.2. The van der Waals surface area contributed by atoms with Gasteiger partial charge in [0.1, 0.15) is 11.4 Å². The third kappa shape index (κ3) is 9.06. The third-order valence-electron chi connectivity index (χ3n) is 4.15. The minimum absolute atomic E-state index is 0. The van der Waals surface area contributed by atoms with Gasteiger partial charge in [0, 0.05) is 26.7 Å². The standard InChI is InChI=1S/C20H31N5O4.HI/c1-20(2,3)29-19(27)24-15-8-9-25(12-15)18(22-4)23-11-14-6-5-7-16(10-14)28-13-17(21)26;/h5-7,10,15H,8-9,11-13H2,1-4H3,(H2,21,26)(H,22,23)(H,24,27);1H. The average Bonchev–Trinajstić information content (AvgIpc) is 3.07. The number of hydrogen-bond donors (Lipinski definition) is 3. The number of carbonyl (C=O) groups is 2. The molecule has 1 aliphatic heterocycles. The quantitative estimate of drug-likeness (QED) is 0.292. The SMILES string of the molecule is CN=C(NCc1cccc(OCC(N)=O)c1)N1CCC(NC(=O)OC(C)(C)C)C1.I. The Hall–Kier alpha value is -2.24. The van der Waals surface area contributed by atoms with Gasteiger partial charge < -0.3 is 30.7 Å². The largest absolute Gasteiger partial charge is 0.484 e. The first-order valence-electron chi connectivity index (χ1n) is 9.61. The normalized spacial score (nSPS) is 16.5. The molecule has 30 heavy (non-hydrogen) atoms. The number of rotatable bonds is 6. The second-order valence-electron chi connectivity index (χ2n) is 7.88. The van der Waals surface area contributed by atoms with E-state index < -0.39 is 17.6 Å². The number of aliphatic imine (C=N–C) groups is 1. The number of carbonyl (C=O) groups excluding carboxylic acids is 2. The number of ether oxygens (including phenoxy) is 2. The molecule has 0 bridgehead atoms. The van der Waals surface area contributed by atoms with Crippen LogP contribution < -0.4 is 21.1 Å². The molecule has 1 aromatic carbocycles. The first-order valence-corrected chi connectivity index (χ1v) is 9.61. The number of likely N-dealkylation sites (tertiary alicyclic amines) is 1. The summed E-state index contributed by atoms with van der Waals surface area (Å²) < 4.78 is 10.6. The second-order valence-corrected chi connectivity index (χ2v) is 7.88. The van der Waals surface area contributed by atoms with Gasteiger partial charge in [-0.3, -0.25) is 9.79 Å². The zero-order valence-electron chi connectivity index (χ0n) is 17.9. The van der Waals surface area contributed by atoms with E-state index in [4.69, 9.17) is 15.2 Å². The first kappa shape index (κ1) is 25.8. The average molecular weight is 533 g/mol. The minimum atomic E-state index is -0.518. The molecule has 0 radical (unpaired) electrons. The molecule has 168 valence electrons. The fraction of sp³-hybridized carbons (Fsp3) is 0.550. The van der Waals surface area contributed by atoms with Gasteiger partial charge in [0.05, 0.1) is 6.04 Å². The summed E-state index contributed by atoms with van der Waals surface area (Å²) >= 11 is 0. The lowest BCUT2D eigenvalue weighted by Gasteiger charge is -2.23. The smallest absolute Gasteiger partial charge is 0.407 e. The Morgan fingerprint density at radius 1 is 1.33 bits per heavy atom. The lowest BCUT2D eigenvalue weighted by Crippen LogP contribution is -2.44. The molecule has 0 aromatic heterocycles. The van der Waals surface area contributed by atoms with Crippen molar-refractivity contribution < 1.29 is 19.1 Å². The summed E-state index contributed by atoms with van der Waals surface area (Å²) in [5.41, 5.74) is 5.57. The molecule has 10 heteroatoms. The number of amides is 2.